The molecule has 0 unspecified atom stereocenters. The first-order valence-corrected chi connectivity index (χ1v) is 29.1. The third kappa shape index (κ3) is 7.40. The molecule has 0 saturated carbocycles. The molecule has 3 nitrogen and oxygen atoms in total. The molecular formula is C71H76BN2OS. The number of hydrogen-bond donors (Lipinski definition) is 1. The molecular weight excluding hydrogens is 940 g/mol. The highest BCUT2D eigenvalue weighted by atomic mass is 32.1. The minimum Gasteiger partial charge on any atom is -0.455 e. The van der Waals surface area contributed by atoms with Crippen molar-refractivity contribution in [2.75, 3.05) is 10.2 Å². The monoisotopic (exact) mass is 1020 g/mol. The summed E-state index contributed by atoms with van der Waals surface area (Å²) in [4.78, 5) is 2.62. The Bertz CT molecular complexity index is 3920. The Morgan fingerprint density at radius 1 is 0.526 bits per heavy atom. The Morgan fingerprint density at radius 2 is 1.07 bits per heavy atom. The molecule has 0 spiro atoms. The molecule has 1 aliphatic heterocycles. The van der Waals surface area contributed by atoms with E-state index in [4.69, 9.17) is 4.42 Å². The standard InChI is InChI=1S/C71H76BN2OS/c1-65(2,3)40-21-25-42(26-22-40)73-56-38-51-45(46-34-52-54(37-50(46)71(51,15)16)69(11,12)31-29-67(52,7)8)33-48(56)60-61-57(36-47-44-19-17-18-20-58(44)75-63(47)60)74(43-27-23-41(24-28-43)66(4,5)6)62-49-35-53-55(39-59(49)76-64(62)72-61)70(13,14)32-30-68(53,9)10/h17-28,33-39,73H,29-32H2,1-16H3. The average Bonchev–Trinajstić information content (AvgIpc) is 4.17. The van der Waals surface area contributed by atoms with Gasteiger partial charge in [0, 0.05) is 60.2 Å². The Balaban J connectivity index is 1.13. The zero-order chi connectivity index (χ0) is 53.6. The average molecular weight is 1020 g/mol. The van der Waals surface area contributed by atoms with Crippen LogP contribution in [0.5, 0.6) is 0 Å². The minimum atomic E-state index is -0.233. The molecule has 7 aromatic carbocycles. The van der Waals surface area contributed by atoms with Gasteiger partial charge < -0.3 is 14.6 Å². The molecule has 1 N–H and O–H groups in total. The molecule has 0 saturated heterocycles. The SMILES string of the molecule is CC(C)(C)c1ccc(Nc2cc3c(cc2-c2c4c(cc5c2oc2ccccc25)N(c2ccc(C(C)(C)C)cc2)c2c(sc5cc6c(cc25)C(C)(C)CCC6(C)C)[B]4)-c2cc4c(cc2C3(C)C)C(C)(C)CCC4(C)C)cc1. The highest BCUT2D eigenvalue weighted by Gasteiger charge is 2.45. The molecule has 0 fully saturated rings. The van der Waals surface area contributed by atoms with Crippen molar-refractivity contribution < 1.29 is 4.42 Å². The van der Waals surface area contributed by atoms with Gasteiger partial charge in [-0.2, -0.15) is 0 Å². The number of nitrogens with zero attached hydrogens (tertiary/aromatic N) is 1. The topological polar surface area (TPSA) is 28.4 Å². The third-order valence-electron chi connectivity index (χ3n) is 19.2. The van der Waals surface area contributed by atoms with Crippen molar-refractivity contribution in [3.63, 3.8) is 0 Å². The predicted octanol–water partition coefficient (Wildman–Crippen LogP) is 19.2. The quantitative estimate of drug-likeness (QED) is 0.178. The van der Waals surface area contributed by atoms with Crippen molar-refractivity contribution in [1.29, 1.82) is 0 Å². The van der Waals surface area contributed by atoms with Gasteiger partial charge in [0.15, 0.2) is 0 Å². The van der Waals surface area contributed by atoms with E-state index in [0.717, 1.165) is 50.1 Å². The second-order valence-electron chi connectivity index (χ2n) is 28.6. The van der Waals surface area contributed by atoms with Gasteiger partial charge in [-0.3, -0.25) is 0 Å². The van der Waals surface area contributed by atoms with Gasteiger partial charge in [0.1, 0.15) is 11.2 Å². The lowest BCUT2D eigenvalue weighted by Gasteiger charge is -2.42. The molecule has 0 bridgehead atoms. The van der Waals surface area contributed by atoms with Gasteiger partial charge in [-0.15, -0.1) is 11.3 Å². The van der Waals surface area contributed by atoms with E-state index in [1.165, 1.54) is 113 Å². The van der Waals surface area contributed by atoms with Crippen molar-refractivity contribution in [3.05, 3.63) is 160 Å². The molecule has 5 heteroatoms. The number of hydrogen-bond acceptors (Lipinski definition) is 4. The van der Waals surface area contributed by atoms with Crippen LogP contribution < -0.4 is 20.5 Å². The van der Waals surface area contributed by atoms with Crippen molar-refractivity contribution in [1.82, 2.24) is 0 Å². The molecule has 4 aliphatic rings. The lowest BCUT2D eigenvalue weighted by Crippen LogP contribution is -2.39. The largest absolute Gasteiger partial charge is 0.455 e. The third-order valence-corrected chi connectivity index (χ3v) is 20.3. The van der Waals surface area contributed by atoms with E-state index in [-0.39, 0.29) is 37.9 Å². The summed E-state index contributed by atoms with van der Waals surface area (Å²) in [5.74, 6) is 0. The first-order chi connectivity index (χ1) is 35.6. The number of fused-ring (bicyclic) bond motifs is 12. The van der Waals surface area contributed by atoms with Crippen LogP contribution in [0, 0.1) is 0 Å². The number of para-hydroxylation sites is 1. The first kappa shape index (κ1) is 49.5. The van der Waals surface area contributed by atoms with Gasteiger partial charge in [-0.05, 0) is 191 Å². The maximum absolute atomic E-state index is 7.31. The van der Waals surface area contributed by atoms with Gasteiger partial charge in [0.25, 0.3) is 0 Å². The van der Waals surface area contributed by atoms with Gasteiger partial charge in [-0.25, -0.2) is 0 Å². The summed E-state index contributed by atoms with van der Waals surface area (Å²) in [5.41, 5.74) is 25.3. The van der Waals surface area contributed by atoms with Crippen molar-refractivity contribution in [2.24, 2.45) is 0 Å². The lowest BCUT2D eigenvalue weighted by molar-refractivity contribution is 0.331. The Morgan fingerprint density at radius 3 is 1.68 bits per heavy atom. The van der Waals surface area contributed by atoms with Crippen LogP contribution in [-0.4, -0.2) is 7.28 Å². The van der Waals surface area contributed by atoms with E-state index < -0.39 is 0 Å². The molecule has 2 aromatic heterocycles. The first-order valence-electron chi connectivity index (χ1n) is 28.2. The Hall–Kier alpha value is -6.04. The number of anilines is 5. The van der Waals surface area contributed by atoms with Crippen LogP contribution in [0.15, 0.2) is 120 Å². The second-order valence-corrected chi connectivity index (χ2v) is 29.7. The molecule has 13 rings (SSSR count). The zero-order valence-electron chi connectivity index (χ0n) is 48.1. The smallest absolute Gasteiger partial charge is 0.212 e. The minimum absolute atomic E-state index is 0.0152. The Labute approximate surface area is 457 Å². The van der Waals surface area contributed by atoms with Gasteiger partial charge in [-0.1, -0.05) is 159 Å². The van der Waals surface area contributed by atoms with Gasteiger partial charge >= 0.3 is 0 Å². The van der Waals surface area contributed by atoms with Gasteiger partial charge in [0.2, 0.25) is 7.28 Å². The molecule has 0 amide bonds. The lowest BCUT2D eigenvalue weighted by atomic mass is 9.61. The number of rotatable bonds is 4. The van der Waals surface area contributed by atoms with Gasteiger partial charge in [0.05, 0.1) is 5.69 Å². The summed E-state index contributed by atoms with van der Waals surface area (Å²) >= 11 is 1.95. The summed E-state index contributed by atoms with van der Waals surface area (Å²) in [6.07, 6.45) is 4.71. The fraction of sp³-hybridized carbons (Fsp3) is 0.380. The van der Waals surface area contributed by atoms with Crippen molar-refractivity contribution in [3.8, 4) is 22.3 Å². The molecule has 385 valence electrons. The highest BCUT2D eigenvalue weighted by molar-refractivity contribution is 7.29. The number of furan rings is 1. The normalized spacial score (nSPS) is 18.4. The molecule has 0 atom stereocenters. The van der Waals surface area contributed by atoms with Crippen molar-refractivity contribution in [2.45, 2.75) is 174 Å². The fourth-order valence-corrected chi connectivity index (χ4v) is 15.1. The second kappa shape index (κ2) is 16.0. The van der Waals surface area contributed by atoms with E-state index in [2.05, 4.69) is 244 Å². The van der Waals surface area contributed by atoms with Crippen molar-refractivity contribution >= 4 is 89.3 Å². The summed E-state index contributed by atoms with van der Waals surface area (Å²) in [6, 6.07) is 45.2. The molecule has 9 aromatic rings. The van der Waals surface area contributed by atoms with E-state index in [9.17, 15) is 0 Å². The molecule has 1 radical (unpaired) electrons. The summed E-state index contributed by atoms with van der Waals surface area (Å²) in [6.45, 7) is 38.4. The highest BCUT2D eigenvalue weighted by Crippen LogP contribution is 2.58. The molecule has 3 aliphatic carbocycles. The number of nitrogens with one attached hydrogen (secondary N) is 1. The zero-order valence-corrected chi connectivity index (χ0v) is 49.0. The maximum atomic E-state index is 7.31. The van der Waals surface area contributed by atoms with Crippen LogP contribution >= 0.6 is 11.3 Å². The molecule has 76 heavy (non-hydrogen) atoms. The Kier molecular flexibility index (Phi) is 10.4. The number of thiophene rings is 1. The van der Waals surface area contributed by atoms with Crippen LogP contribution in [-0.2, 0) is 37.9 Å². The molecule has 3 heterocycles. The van der Waals surface area contributed by atoms with Crippen LogP contribution in [0.4, 0.5) is 28.4 Å². The van der Waals surface area contributed by atoms with Crippen LogP contribution in [0.25, 0.3) is 54.3 Å². The van der Waals surface area contributed by atoms with E-state index in [0.29, 0.717) is 0 Å². The van der Waals surface area contributed by atoms with E-state index in [1.54, 1.807) is 0 Å². The van der Waals surface area contributed by atoms with E-state index in [1.807, 2.05) is 11.3 Å². The fourth-order valence-electron chi connectivity index (χ4n) is 13.9. The summed E-state index contributed by atoms with van der Waals surface area (Å²) < 4.78 is 9.92. The maximum Gasteiger partial charge on any atom is 0.212 e. The predicted molar refractivity (Wildman–Crippen MR) is 330 cm³/mol. The summed E-state index contributed by atoms with van der Waals surface area (Å²) in [5, 5.41) is 7.69. The van der Waals surface area contributed by atoms with Crippen LogP contribution in [0.3, 0.4) is 0 Å². The summed E-state index contributed by atoms with van der Waals surface area (Å²) in [7, 11) is 2.53. The van der Waals surface area contributed by atoms with Crippen LogP contribution in [0.1, 0.15) is 181 Å². The number of benzene rings is 7. The van der Waals surface area contributed by atoms with Crippen LogP contribution in [0.2, 0.25) is 0 Å². The van der Waals surface area contributed by atoms with E-state index >= 15 is 0 Å².